The van der Waals surface area contributed by atoms with Gasteiger partial charge in [-0.25, -0.2) is 0 Å². The van der Waals surface area contributed by atoms with Gasteiger partial charge in [-0.15, -0.1) is 0 Å². The van der Waals surface area contributed by atoms with Crippen LogP contribution in [-0.2, 0) is 0 Å². The van der Waals surface area contributed by atoms with Crippen molar-refractivity contribution in [2.75, 3.05) is 0 Å². The lowest BCUT2D eigenvalue weighted by atomic mass is 9.61. The molecule has 0 rings (SSSR count). The molecular weight excluding hydrogens is 180 g/mol. The molecule has 0 spiro atoms. The average Bonchev–Trinajstić information content (AvgIpc) is 2.18. The first-order valence-electron chi connectivity index (χ1n) is 6.72. The molecule has 0 bridgehead atoms. The van der Waals surface area contributed by atoms with E-state index in [1.54, 1.807) is 0 Å². The van der Waals surface area contributed by atoms with E-state index in [0.29, 0.717) is 10.8 Å². The van der Waals surface area contributed by atoms with Crippen molar-refractivity contribution in [1.82, 2.24) is 0 Å². The Hall–Kier alpha value is 0. The van der Waals surface area contributed by atoms with Crippen molar-refractivity contribution in [1.29, 1.82) is 0 Å². The van der Waals surface area contributed by atoms with Crippen LogP contribution in [-0.4, -0.2) is 0 Å². The molecule has 0 amide bonds. The Bertz CT molecular complexity index is 176. The Morgan fingerprint density at radius 1 is 0.800 bits per heavy atom. The highest BCUT2D eigenvalue weighted by Gasteiger charge is 2.37. The van der Waals surface area contributed by atoms with Crippen LogP contribution in [0.4, 0.5) is 0 Å². The monoisotopic (exact) mass is 212 g/mol. The van der Waals surface area contributed by atoms with E-state index in [1.165, 1.54) is 19.3 Å². The zero-order valence-electron chi connectivity index (χ0n) is 12.3. The van der Waals surface area contributed by atoms with E-state index < -0.39 is 0 Å². The van der Waals surface area contributed by atoms with E-state index in [-0.39, 0.29) is 0 Å². The van der Waals surface area contributed by atoms with Crippen LogP contribution in [0.5, 0.6) is 0 Å². The highest BCUT2D eigenvalue weighted by Crippen LogP contribution is 2.45. The number of hydrogen-bond acceptors (Lipinski definition) is 0. The predicted octanol–water partition coefficient (Wildman–Crippen LogP) is 5.52. The highest BCUT2D eigenvalue weighted by atomic mass is 14.4. The summed E-state index contributed by atoms with van der Waals surface area (Å²) in [5, 5.41) is 0. The summed E-state index contributed by atoms with van der Waals surface area (Å²) in [6, 6.07) is 0. The van der Waals surface area contributed by atoms with Gasteiger partial charge in [0.25, 0.3) is 0 Å². The summed E-state index contributed by atoms with van der Waals surface area (Å²) in [5.74, 6) is 1.65. The van der Waals surface area contributed by atoms with E-state index in [0.717, 1.165) is 11.8 Å². The second-order valence-corrected chi connectivity index (χ2v) is 6.49. The zero-order chi connectivity index (χ0) is 12.3. The lowest BCUT2D eigenvalue weighted by Gasteiger charge is -2.44. The summed E-state index contributed by atoms with van der Waals surface area (Å²) in [6.45, 7) is 19.2. The van der Waals surface area contributed by atoms with Crippen molar-refractivity contribution < 1.29 is 0 Å². The fraction of sp³-hybridized carbons (Fsp3) is 1.00. The molecule has 2 atom stereocenters. The quantitative estimate of drug-likeness (QED) is 0.543. The first kappa shape index (κ1) is 15.0. The molecule has 15 heavy (non-hydrogen) atoms. The summed E-state index contributed by atoms with van der Waals surface area (Å²) >= 11 is 0. The molecule has 0 heteroatoms. The first-order chi connectivity index (χ1) is 6.72. The number of hydrogen-bond donors (Lipinski definition) is 0. The second-order valence-electron chi connectivity index (χ2n) is 6.49. The van der Waals surface area contributed by atoms with E-state index in [4.69, 9.17) is 0 Å². The molecule has 0 nitrogen and oxygen atoms in total. The maximum atomic E-state index is 2.45. The van der Waals surface area contributed by atoms with Crippen molar-refractivity contribution in [3.8, 4) is 0 Å². The molecule has 0 saturated carbocycles. The molecule has 0 aliphatic carbocycles. The van der Waals surface area contributed by atoms with Crippen molar-refractivity contribution in [2.24, 2.45) is 22.7 Å². The molecule has 0 aliphatic heterocycles. The fourth-order valence-electron chi connectivity index (χ4n) is 2.71. The van der Waals surface area contributed by atoms with Gasteiger partial charge in [-0.05, 0) is 22.7 Å². The summed E-state index contributed by atoms with van der Waals surface area (Å²) in [5.41, 5.74) is 0.966. The lowest BCUT2D eigenvalue weighted by Crippen LogP contribution is -2.36. The molecule has 2 unspecified atom stereocenters. The van der Waals surface area contributed by atoms with Gasteiger partial charge in [0, 0.05) is 0 Å². The van der Waals surface area contributed by atoms with E-state index in [2.05, 4.69) is 55.4 Å². The van der Waals surface area contributed by atoms with Gasteiger partial charge >= 0.3 is 0 Å². The van der Waals surface area contributed by atoms with Crippen LogP contribution in [0.1, 0.15) is 74.7 Å². The Balaban J connectivity index is 4.83. The third-order valence-corrected chi connectivity index (χ3v) is 5.10. The molecule has 0 aromatic heterocycles. The van der Waals surface area contributed by atoms with Gasteiger partial charge in [0.05, 0.1) is 0 Å². The Labute approximate surface area is 97.8 Å². The minimum absolute atomic E-state index is 0.479. The van der Waals surface area contributed by atoms with Gasteiger partial charge < -0.3 is 0 Å². The molecule has 0 heterocycles. The van der Waals surface area contributed by atoms with Gasteiger partial charge in [-0.3, -0.25) is 0 Å². The maximum Gasteiger partial charge on any atom is -0.0326 e. The molecule has 0 N–H and O–H groups in total. The van der Waals surface area contributed by atoms with Gasteiger partial charge in [-0.1, -0.05) is 74.7 Å². The number of rotatable bonds is 6. The Morgan fingerprint density at radius 3 is 1.47 bits per heavy atom. The molecule has 0 radical (unpaired) electrons. The molecule has 0 saturated heterocycles. The molecule has 0 aromatic carbocycles. The molecule has 0 aliphatic rings. The van der Waals surface area contributed by atoms with E-state index in [9.17, 15) is 0 Å². The average molecular weight is 212 g/mol. The van der Waals surface area contributed by atoms with Crippen LogP contribution < -0.4 is 0 Å². The van der Waals surface area contributed by atoms with Gasteiger partial charge in [0.1, 0.15) is 0 Å². The van der Waals surface area contributed by atoms with Crippen LogP contribution >= 0.6 is 0 Å². The minimum atomic E-state index is 0.479. The molecule has 0 fully saturated rings. The van der Waals surface area contributed by atoms with Crippen LogP contribution in [0.15, 0.2) is 0 Å². The van der Waals surface area contributed by atoms with Gasteiger partial charge in [0.2, 0.25) is 0 Å². The zero-order valence-corrected chi connectivity index (χ0v) is 12.3. The summed E-state index contributed by atoms with van der Waals surface area (Å²) in [4.78, 5) is 0. The molecule has 0 aromatic rings. The standard InChI is InChI=1S/C15H32/c1-9-13(15(7,8)11-3)12(4)14(5,6)10-2/h12-13H,9-11H2,1-8H3. The predicted molar refractivity (Wildman–Crippen MR) is 71.1 cm³/mol. The first-order valence-corrected chi connectivity index (χ1v) is 6.72. The van der Waals surface area contributed by atoms with Crippen molar-refractivity contribution >= 4 is 0 Å². The third-order valence-electron chi connectivity index (χ3n) is 5.10. The van der Waals surface area contributed by atoms with Crippen molar-refractivity contribution in [3.63, 3.8) is 0 Å². The van der Waals surface area contributed by atoms with E-state index in [1.807, 2.05) is 0 Å². The highest BCUT2D eigenvalue weighted by molar-refractivity contribution is 4.86. The smallest absolute Gasteiger partial charge is 0.0326 e. The van der Waals surface area contributed by atoms with Crippen LogP contribution in [0.2, 0.25) is 0 Å². The Kier molecular flexibility index (Phi) is 5.37. The normalized spacial score (nSPS) is 17.6. The molecular formula is C15H32. The summed E-state index contributed by atoms with van der Waals surface area (Å²) < 4.78 is 0. The van der Waals surface area contributed by atoms with E-state index >= 15 is 0 Å². The van der Waals surface area contributed by atoms with Crippen molar-refractivity contribution in [2.45, 2.75) is 74.7 Å². The second kappa shape index (κ2) is 5.37. The van der Waals surface area contributed by atoms with Crippen LogP contribution in [0.25, 0.3) is 0 Å². The van der Waals surface area contributed by atoms with Crippen LogP contribution in [0.3, 0.4) is 0 Å². The van der Waals surface area contributed by atoms with Gasteiger partial charge in [0.15, 0.2) is 0 Å². The fourth-order valence-corrected chi connectivity index (χ4v) is 2.71. The minimum Gasteiger partial charge on any atom is -0.0651 e. The topological polar surface area (TPSA) is 0 Å². The maximum absolute atomic E-state index is 2.45. The SMILES string of the molecule is CCC(C(C)C(C)(C)CC)C(C)(C)CC. The molecule has 92 valence electrons. The van der Waals surface area contributed by atoms with Crippen LogP contribution in [0, 0.1) is 22.7 Å². The summed E-state index contributed by atoms with van der Waals surface area (Å²) in [7, 11) is 0. The summed E-state index contributed by atoms with van der Waals surface area (Å²) in [6.07, 6.45) is 3.88. The van der Waals surface area contributed by atoms with Gasteiger partial charge in [-0.2, -0.15) is 0 Å². The van der Waals surface area contributed by atoms with Crippen molar-refractivity contribution in [3.05, 3.63) is 0 Å². The third kappa shape index (κ3) is 3.50. The lowest BCUT2D eigenvalue weighted by molar-refractivity contribution is 0.0540. The Morgan fingerprint density at radius 2 is 1.20 bits per heavy atom. The largest absolute Gasteiger partial charge is 0.0651 e.